The molecule has 2 rings (SSSR count). The van der Waals surface area contributed by atoms with Crippen molar-refractivity contribution in [2.24, 2.45) is 17.8 Å². The van der Waals surface area contributed by atoms with Crippen molar-refractivity contribution in [3.05, 3.63) is 0 Å². The lowest BCUT2D eigenvalue weighted by Crippen LogP contribution is -2.41. The van der Waals surface area contributed by atoms with Gasteiger partial charge in [-0.3, -0.25) is 0 Å². The fourth-order valence-electron chi connectivity index (χ4n) is 3.63. The molecule has 0 aliphatic heterocycles. The molecule has 116 valence electrons. The van der Waals surface area contributed by atoms with Crippen molar-refractivity contribution in [1.82, 2.24) is 0 Å². The van der Waals surface area contributed by atoms with Gasteiger partial charge in [-0.25, -0.2) is 4.79 Å². The number of fused-ring (bicyclic) bond motifs is 2. The first-order valence-corrected chi connectivity index (χ1v) is 7.20. The van der Waals surface area contributed by atoms with Crippen LogP contribution in [0.2, 0.25) is 0 Å². The number of carboxylic acid groups (broad SMARTS) is 1. The maximum Gasteiger partial charge on any atom is 0.377 e. The summed E-state index contributed by atoms with van der Waals surface area (Å²) in [6, 6.07) is 0. The van der Waals surface area contributed by atoms with Gasteiger partial charge in [0.25, 0.3) is 0 Å². The first-order valence-electron chi connectivity index (χ1n) is 7.20. The van der Waals surface area contributed by atoms with E-state index in [4.69, 9.17) is 14.6 Å². The molecule has 2 saturated carbocycles. The molecule has 0 aromatic carbocycles. The summed E-state index contributed by atoms with van der Waals surface area (Å²) in [6.07, 6.45) is 5.93. The molecule has 4 nitrogen and oxygen atoms in total. The molecule has 20 heavy (non-hydrogen) atoms. The average Bonchev–Trinajstić information content (AvgIpc) is 2.37. The molecular formula is C14H22F2O4. The van der Waals surface area contributed by atoms with Crippen LogP contribution in [0.5, 0.6) is 0 Å². The first kappa shape index (κ1) is 15.6. The number of carboxylic acids is 1. The van der Waals surface area contributed by atoms with Crippen LogP contribution in [0.15, 0.2) is 0 Å². The molecule has 0 aromatic rings. The van der Waals surface area contributed by atoms with Gasteiger partial charge in [0.05, 0.1) is 6.10 Å². The van der Waals surface area contributed by atoms with Crippen LogP contribution in [-0.4, -0.2) is 36.5 Å². The number of hydrogen-bond donors (Lipinski definition) is 1. The number of carbonyl (C=O) groups is 1. The van der Waals surface area contributed by atoms with E-state index in [0.29, 0.717) is 11.8 Å². The van der Waals surface area contributed by atoms with Gasteiger partial charge in [-0.15, -0.1) is 0 Å². The molecule has 2 bridgehead atoms. The third kappa shape index (κ3) is 3.67. The van der Waals surface area contributed by atoms with E-state index in [2.05, 4.69) is 6.92 Å². The summed E-state index contributed by atoms with van der Waals surface area (Å²) in [5, 5.41) is 8.28. The van der Waals surface area contributed by atoms with Gasteiger partial charge in [0, 0.05) is 0 Å². The fraction of sp³-hybridized carbons (Fsp3) is 0.929. The number of alkyl halides is 2. The highest BCUT2D eigenvalue weighted by Crippen LogP contribution is 2.43. The largest absolute Gasteiger partial charge is 0.477 e. The van der Waals surface area contributed by atoms with Crippen molar-refractivity contribution >= 4 is 5.97 Å². The number of ether oxygens (including phenoxy) is 2. The molecule has 0 aromatic heterocycles. The zero-order valence-electron chi connectivity index (χ0n) is 11.7. The maximum atomic E-state index is 12.8. The second-order valence-electron chi connectivity index (χ2n) is 6.11. The zero-order chi connectivity index (χ0) is 14.8. The van der Waals surface area contributed by atoms with Gasteiger partial charge in [-0.2, -0.15) is 8.78 Å². The average molecular weight is 292 g/mol. The van der Waals surface area contributed by atoms with Crippen LogP contribution in [-0.2, 0) is 14.3 Å². The first-order chi connectivity index (χ1) is 9.40. The Hall–Kier alpha value is -0.750. The van der Waals surface area contributed by atoms with E-state index in [1.165, 1.54) is 12.8 Å². The molecule has 0 radical (unpaired) electrons. The van der Waals surface area contributed by atoms with Gasteiger partial charge in [0.2, 0.25) is 0 Å². The Bertz CT molecular complexity index is 346. The SMILES string of the molecule is CC1CC2CCCC(C2)C1OCOCC(F)(F)C(=O)O. The van der Waals surface area contributed by atoms with E-state index in [9.17, 15) is 13.6 Å². The molecule has 2 aliphatic carbocycles. The van der Waals surface area contributed by atoms with Crippen LogP contribution in [0, 0.1) is 17.8 Å². The Balaban J connectivity index is 1.74. The zero-order valence-corrected chi connectivity index (χ0v) is 11.7. The van der Waals surface area contributed by atoms with Gasteiger partial charge in [0.15, 0.2) is 0 Å². The van der Waals surface area contributed by atoms with E-state index in [1.54, 1.807) is 0 Å². The highest BCUT2D eigenvalue weighted by Gasteiger charge is 2.40. The monoisotopic (exact) mass is 292 g/mol. The summed E-state index contributed by atoms with van der Waals surface area (Å²) in [7, 11) is 0. The summed E-state index contributed by atoms with van der Waals surface area (Å²) < 4.78 is 35.9. The van der Waals surface area contributed by atoms with Crippen LogP contribution in [0.1, 0.15) is 39.0 Å². The van der Waals surface area contributed by atoms with Crippen LogP contribution >= 0.6 is 0 Å². The van der Waals surface area contributed by atoms with E-state index in [-0.39, 0.29) is 12.9 Å². The molecule has 0 heterocycles. The Morgan fingerprint density at radius 2 is 2.10 bits per heavy atom. The number of halogens is 2. The summed E-state index contributed by atoms with van der Waals surface area (Å²) in [5.41, 5.74) is 0. The molecule has 0 amide bonds. The molecule has 6 heteroatoms. The Morgan fingerprint density at radius 3 is 2.80 bits per heavy atom. The van der Waals surface area contributed by atoms with Crippen LogP contribution < -0.4 is 0 Å². The molecular weight excluding hydrogens is 270 g/mol. The lowest BCUT2D eigenvalue weighted by Gasteiger charge is -2.43. The second kappa shape index (κ2) is 6.35. The van der Waals surface area contributed by atoms with Crippen LogP contribution in [0.4, 0.5) is 8.78 Å². The minimum absolute atomic E-state index is 0.0463. The van der Waals surface area contributed by atoms with Crippen molar-refractivity contribution in [1.29, 1.82) is 0 Å². The van der Waals surface area contributed by atoms with E-state index in [1.807, 2.05) is 0 Å². The Morgan fingerprint density at radius 1 is 1.35 bits per heavy atom. The van der Waals surface area contributed by atoms with Crippen molar-refractivity contribution in [3.63, 3.8) is 0 Å². The normalized spacial score (nSPS) is 34.0. The summed E-state index contributed by atoms with van der Waals surface area (Å²) in [4.78, 5) is 10.2. The van der Waals surface area contributed by atoms with E-state index >= 15 is 0 Å². The molecule has 2 fully saturated rings. The van der Waals surface area contributed by atoms with Gasteiger partial charge in [-0.1, -0.05) is 19.8 Å². The Kier molecular flexibility index (Phi) is 4.96. The minimum atomic E-state index is -3.85. The predicted octanol–water partition coefficient (Wildman–Crippen LogP) is 2.91. The van der Waals surface area contributed by atoms with Gasteiger partial charge < -0.3 is 14.6 Å². The van der Waals surface area contributed by atoms with Crippen LogP contribution in [0.3, 0.4) is 0 Å². The lowest BCUT2D eigenvalue weighted by molar-refractivity contribution is -0.192. The van der Waals surface area contributed by atoms with Crippen LogP contribution in [0.25, 0.3) is 0 Å². The summed E-state index contributed by atoms with van der Waals surface area (Å²) >= 11 is 0. The fourth-order valence-corrected chi connectivity index (χ4v) is 3.63. The number of rotatable bonds is 6. The predicted molar refractivity (Wildman–Crippen MR) is 67.5 cm³/mol. The minimum Gasteiger partial charge on any atom is -0.477 e. The summed E-state index contributed by atoms with van der Waals surface area (Å²) in [6.45, 7) is 0.719. The standard InChI is InChI=1S/C14H22F2O4/c1-9-5-10-3-2-4-11(6-10)12(9)20-8-19-7-14(15,16)13(17)18/h9-12H,2-8H2,1H3,(H,17,18). The highest BCUT2D eigenvalue weighted by atomic mass is 19.3. The molecule has 0 spiro atoms. The van der Waals surface area contributed by atoms with Crippen molar-refractivity contribution in [2.75, 3.05) is 13.4 Å². The van der Waals surface area contributed by atoms with Crippen molar-refractivity contribution < 1.29 is 28.2 Å². The molecule has 4 atom stereocenters. The van der Waals surface area contributed by atoms with E-state index < -0.39 is 18.5 Å². The number of hydrogen-bond acceptors (Lipinski definition) is 3. The number of aliphatic carboxylic acids is 1. The quantitative estimate of drug-likeness (QED) is 0.604. The van der Waals surface area contributed by atoms with Crippen molar-refractivity contribution in [3.8, 4) is 0 Å². The van der Waals surface area contributed by atoms with Crippen molar-refractivity contribution in [2.45, 2.75) is 51.1 Å². The third-order valence-electron chi connectivity index (χ3n) is 4.49. The second-order valence-corrected chi connectivity index (χ2v) is 6.11. The molecule has 0 saturated heterocycles. The molecule has 2 aliphatic rings. The van der Waals surface area contributed by atoms with Gasteiger partial charge in [-0.05, 0) is 37.0 Å². The highest BCUT2D eigenvalue weighted by molar-refractivity contribution is 5.75. The van der Waals surface area contributed by atoms with Gasteiger partial charge >= 0.3 is 11.9 Å². The lowest BCUT2D eigenvalue weighted by atomic mass is 9.67. The van der Waals surface area contributed by atoms with E-state index in [0.717, 1.165) is 25.2 Å². The maximum absolute atomic E-state index is 12.8. The molecule has 1 N–H and O–H groups in total. The Labute approximate surface area is 117 Å². The third-order valence-corrected chi connectivity index (χ3v) is 4.49. The summed E-state index contributed by atoms with van der Waals surface area (Å²) in [5.74, 6) is -4.35. The molecule has 4 unspecified atom stereocenters. The van der Waals surface area contributed by atoms with Gasteiger partial charge in [0.1, 0.15) is 13.4 Å². The topological polar surface area (TPSA) is 55.8 Å². The smallest absolute Gasteiger partial charge is 0.377 e.